The van der Waals surface area contributed by atoms with Crippen LogP contribution in [0.5, 0.6) is 0 Å². The average molecular weight is 404 g/mol. The van der Waals surface area contributed by atoms with Crippen LogP contribution < -0.4 is 15.9 Å². The zero-order valence-corrected chi connectivity index (χ0v) is 17.4. The van der Waals surface area contributed by atoms with E-state index in [9.17, 15) is 0 Å². The summed E-state index contributed by atoms with van der Waals surface area (Å²) in [5.41, 5.74) is 2.09. The first-order valence-corrected chi connectivity index (χ1v) is 11.8. The number of rotatable bonds is 4. The van der Waals surface area contributed by atoms with Gasteiger partial charge in [0.1, 0.15) is 0 Å². The third-order valence-corrected chi connectivity index (χ3v) is 8.64. The van der Waals surface area contributed by atoms with E-state index >= 15 is 4.57 Å². The predicted molar refractivity (Wildman–Crippen MR) is 129 cm³/mol. The molecule has 0 saturated heterocycles. The first-order chi connectivity index (χ1) is 14.8. The molecule has 0 N–H and O–H groups in total. The van der Waals surface area contributed by atoms with Crippen molar-refractivity contribution in [2.45, 2.75) is 0 Å². The Morgan fingerprint density at radius 2 is 1.07 bits per heavy atom. The van der Waals surface area contributed by atoms with Gasteiger partial charge in [0.15, 0.2) is 7.14 Å². The fourth-order valence-electron chi connectivity index (χ4n) is 4.05. The Morgan fingerprint density at radius 3 is 1.83 bits per heavy atom. The number of hydrogen-bond acceptors (Lipinski definition) is 1. The summed E-state index contributed by atoms with van der Waals surface area (Å²) in [7, 11) is -3.08. The van der Waals surface area contributed by atoms with Gasteiger partial charge in [0, 0.05) is 15.9 Å². The third-order valence-electron chi connectivity index (χ3n) is 5.54. The summed E-state index contributed by atoms with van der Waals surface area (Å²) in [6.07, 6.45) is 0. The molecule has 0 amide bonds. The number of fused-ring (bicyclic) bond motifs is 1. The Morgan fingerprint density at radius 1 is 0.467 bits per heavy atom. The lowest BCUT2D eigenvalue weighted by Gasteiger charge is -2.23. The summed E-state index contributed by atoms with van der Waals surface area (Å²) < 4.78 is 15.1. The van der Waals surface area contributed by atoms with Crippen LogP contribution in [0.25, 0.3) is 21.9 Å². The summed E-state index contributed by atoms with van der Waals surface area (Å²) >= 11 is 0. The smallest absolute Gasteiger partial charge is 0.171 e. The van der Waals surface area contributed by atoms with Gasteiger partial charge in [-0.3, -0.25) is 0 Å². The first kappa shape index (κ1) is 18.6. The minimum atomic E-state index is -3.08. The van der Waals surface area contributed by atoms with Crippen molar-refractivity contribution in [1.82, 2.24) is 0 Å². The van der Waals surface area contributed by atoms with Crippen molar-refractivity contribution in [2.24, 2.45) is 0 Å². The predicted octanol–water partition coefficient (Wildman–Crippen LogP) is 6.15. The van der Waals surface area contributed by atoms with Crippen LogP contribution in [-0.2, 0) is 4.57 Å². The minimum Gasteiger partial charge on any atom is -0.309 e. The van der Waals surface area contributed by atoms with Crippen molar-refractivity contribution in [1.29, 1.82) is 0 Å². The molecule has 0 bridgehead atoms. The molecule has 2 heteroatoms. The highest BCUT2D eigenvalue weighted by molar-refractivity contribution is 7.85. The van der Waals surface area contributed by atoms with Crippen molar-refractivity contribution in [2.75, 3.05) is 0 Å². The number of benzene rings is 5. The topological polar surface area (TPSA) is 17.1 Å². The summed E-state index contributed by atoms with van der Waals surface area (Å²) in [6, 6.07) is 42.6. The van der Waals surface area contributed by atoms with Crippen molar-refractivity contribution in [3.63, 3.8) is 0 Å². The zero-order valence-electron chi connectivity index (χ0n) is 16.5. The second-order valence-electron chi connectivity index (χ2n) is 7.36. The molecule has 0 fully saturated rings. The highest BCUT2D eigenvalue weighted by atomic mass is 31.2. The molecule has 0 aliphatic heterocycles. The summed E-state index contributed by atoms with van der Waals surface area (Å²) in [4.78, 5) is 0. The molecular weight excluding hydrogens is 383 g/mol. The van der Waals surface area contributed by atoms with E-state index < -0.39 is 7.14 Å². The van der Waals surface area contributed by atoms with Crippen molar-refractivity contribution >= 4 is 33.8 Å². The van der Waals surface area contributed by atoms with Crippen molar-refractivity contribution in [3.8, 4) is 11.1 Å². The maximum atomic E-state index is 15.1. The lowest BCUT2D eigenvalue weighted by atomic mass is 10.1. The molecule has 0 spiro atoms. The lowest BCUT2D eigenvalue weighted by Crippen LogP contribution is -2.26. The Kier molecular flexibility index (Phi) is 4.83. The maximum Gasteiger partial charge on any atom is 0.171 e. The third kappa shape index (κ3) is 3.18. The SMILES string of the molecule is O=P(c1ccccc1)(c1ccc2ccccc2c1)c1ccccc1-c1ccccc1. The van der Waals surface area contributed by atoms with Gasteiger partial charge < -0.3 is 4.57 Å². The van der Waals surface area contributed by atoms with Gasteiger partial charge in [-0.25, -0.2) is 0 Å². The Labute approximate surface area is 177 Å². The van der Waals surface area contributed by atoms with Crippen LogP contribution in [0.3, 0.4) is 0 Å². The standard InChI is InChI=1S/C28H21OP/c29-30(25-15-5-2-6-16-25,26-20-19-22-11-7-8-14-24(22)21-26)28-18-10-9-17-27(28)23-12-3-1-4-13-23/h1-21H. The lowest BCUT2D eigenvalue weighted by molar-refractivity contribution is 0.592. The second kappa shape index (κ2) is 7.78. The van der Waals surface area contributed by atoms with E-state index in [2.05, 4.69) is 42.5 Å². The molecule has 0 saturated carbocycles. The second-order valence-corrected chi connectivity index (χ2v) is 10.1. The Hall–Kier alpha value is -3.41. The molecule has 5 rings (SSSR count). The average Bonchev–Trinajstić information content (AvgIpc) is 2.84. The molecule has 144 valence electrons. The fourth-order valence-corrected chi connectivity index (χ4v) is 6.94. The van der Waals surface area contributed by atoms with Crippen LogP contribution in [-0.4, -0.2) is 0 Å². The fraction of sp³-hybridized carbons (Fsp3) is 0. The van der Waals surface area contributed by atoms with Crippen LogP contribution in [0.2, 0.25) is 0 Å². The molecule has 5 aromatic rings. The van der Waals surface area contributed by atoms with E-state index in [4.69, 9.17) is 0 Å². The van der Waals surface area contributed by atoms with E-state index in [1.807, 2.05) is 84.9 Å². The van der Waals surface area contributed by atoms with Gasteiger partial charge in [-0.15, -0.1) is 0 Å². The van der Waals surface area contributed by atoms with Crippen LogP contribution in [0.1, 0.15) is 0 Å². The van der Waals surface area contributed by atoms with Crippen LogP contribution in [0.4, 0.5) is 0 Å². The summed E-state index contributed by atoms with van der Waals surface area (Å²) in [6.45, 7) is 0. The molecule has 1 unspecified atom stereocenters. The van der Waals surface area contributed by atoms with E-state index in [0.29, 0.717) is 0 Å². The van der Waals surface area contributed by atoms with E-state index in [1.54, 1.807) is 0 Å². The first-order valence-electron chi connectivity index (χ1n) is 10.1. The Balaban J connectivity index is 1.82. The van der Waals surface area contributed by atoms with E-state index in [-0.39, 0.29) is 0 Å². The quantitative estimate of drug-likeness (QED) is 0.329. The molecule has 0 aliphatic carbocycles. The molecule has 30 heavy (non-hydrogen) atoms. The van der Waals surface area contributed by atoms with Gasteiger partial charge in [0.05, 0.1) is 0 Å². The molecule has 0 heterocycles. The molecule has 1 nitrogen and oxygen atoms in total. The molecule has 0 radical (unpaired) electrons. The molecule has 1 atom stereocenters. The van der Waals surface area contributed by atoms with E-state index in [0.717, 1.165) is 37.8 Å². The molecule has 5 aromatic carbocycles. The van der Waals surface area contributed by atoms with Crippen LogP contribution >= 0.6 is 7.14 Å². The maximum absolute atomic E-state index is 15.1. The zero-order chi connectivity index (χ0) is 20.4. The van der Waals surface area contributed by atoms with Gasteiger partial charge in [0.2, 0.25) is 0 Å². The highest BCUT2D eigenvalue weighted by Gasteiger charge is 2.32. The van der Waals surface area contributed by atoms with E-state index in [1.165, 1.54) is 0 Å². The van der Waals surface area contributed by atoms with Gasteiger partial charge >= 0.3 is 0 Å². The monoisotopic (exact) mass is 404 g/mol. The van der Waals surface area contributed by atoms with Crippen molar-refractivity contribution < 1.29 is 4.57 Å². The van der Waals surface area contributed by atoms with Gasteiger partial charge in [-0.1, -0.05) is 121 Å². The minimum absolute atomic E-state index is 0.851. The largest absolute Gasteiger partial charge is 0.309 e. The van der Waals surface area contributed by atoms with Gasteiger partial charge in [0.25, 0.3) is 0 Å². The molecular formula is C28H21OP. The number of hydrogen-bond donors (Lipinski definition) is 0. The van der Waals surface area contributed by atoms with Crippen LogP contribution in [0, 0.1) is 0 Å². The van der Waals surface area contributed by atoms with Gasteiger partial charge in [-0.2, -0.15) is 0 Å². The molecule has 0 aromatic heterocycles. The van der Waals surface area contributed by atoms with Crippen LogP contribution in [0.15, 0.2) is 127 Å². The normalized spacial score (nSPS) is 13.1. The summed E-state index contributed by atoms with van der Waals surface area (Å²) in [5.74, 6) is 0. The summed E-state index contributed by atoms with van der Waals surface area (Å²) in [5, 5.41) is 4.83. The Bertz CT molecular complexity index is 1360. The van der Waals surface area contributed by atoms with Gasteiger partial charge in [-0.05, 0) is 28.0 Å². The highest BCUT2D eigenvalue weighted by Crippen LogP contribution is 2.45. The molecule has 0 aliphatic rings. The van der Waals surface area contributed by atoms with Crippen molar-refractivity contribution in [3.05, 3.63) is 127 Å².